The molecule has 128 valence electrons. The number of hydrogen-bond acceptors (Lipinski definition) is 3. The monoisotopic (exact) mass is 337 g/mol. The molecule has 1 aliphatic carbocycles. The van der Waals surface area contributed by atoms with Gasteiger partial charge in [0.15, 0.2) is 5.96 Å². The van der Waals surface area contributed by atoms with Gasteiger partial charge < -0.3 is 10.6 Å². The second kappa shape index (κ2) is 9.08. The number of nitrogens with one attached hydrogen (secondary N) is 2. The minimum Gasteiger partial charge on any atom is -0.357 e. The fourth-order valence-corrected chi connectivity index (χ4v) is 2.53. The van der Waals surface area contributed by atoms with Crippen LogP contribution in [0, 0.1) is 0 Å². The quantitative estimate of drug-likeness (QED) is 0.434. The maximum atomic E-state index is 5.80. The van der Waals surface area contributed by atoms with Crippen molar-refractivity contribution in [1.29, 1.82) is 0 Å². The van der Waals surface area contributed by atoms with Crippen LogP contribution in [-0.4, -0.2) is 54.6 Å². The molecule has 0 spiro atoms. The highest BCUT2D eigenvalue weighted by atomic mass is 35.5. The fourth-order valence-electron chi connectivity index (χ4n) is 2.42. The summed E-state index contributed by atoms with van der Waals surface area (Å²) in [5.41, 5.74) is 1.17. The molecule has 0 aromatic carbocycles. The molecule has 1 aliphatic rings. The third-order valence-corrected chi connectivity index (χ3v) is 4.39. The summed E-state index contributed by atoms with van der Waals surface area (Å²) in [6.07, 6.45) is 5.38. The summed E-state index contributed by atoms with van der Waals surface area (Å²) in [4.78, 5) is 11.2. The van der Waals surface area contributed by atoms with E-state index < -0.39 is 0 Å². The number of guanidine groups is 1. The Hall–Kier alpha value is -1.33. The number of hydrogen-bond donors (Lipinski definition) is 2. The van der Waals surface area contributed by atoms with Gasteiger partial charge in [-0.25, -0.2) is 4.98 Å². The molecular formula is C17H28ClN5. The predicted octanol–water partition coefficient (Wildman–Crippen LogP) is 2.32. The third kappa shape index (κ3) is 6.36. The Balaban J connectivity index is 1.77. The SMILES string of the molecule is CCNC(=NCC(C)N(C)C1CC1)NCCc1ccc(Cl)nc1. The van der Waals surface area contributed by atoms with Gasteiger partial charge in [-0.05, 0) is 51.8 Å². The van der Waals surface area contributed by atoms with E-state index in [0.717, 1.165) is 38.1 Å². The van der Waals surface area contributed by atoms with Gasteiger partial charge in [-0.3, -0.25) is 9.89 Å². The van der Waals surface area contributed by atoms with E-state index in [9.17, 15) is 0 Å². The van der Waals surface area contributed by atoms with Crippen LogP contribution >= 0.6 is 11.6 Å². The first-order chi connectivity index (χ1) is 11.1. The van der Waals surface area contributed by atoms with Crippen molar-refractivity contribution in [3.8, 4) is 0 Å². The Bertz CT molecular complexity index is 498. The van der Waals surface area contributed by atoms with Crippen LogP contribution in [0.25, 0.3) is 0 Å². The zero-order valence-electron chi connectivity index (χ0n) is 14.3. The van der Waals surface area contributed by atoms with Crippen LogP contribution in [0.2, 0.25) is 5.15 Å². The number of halogens is 1. The minimum absolute atomic E-state index is 0.471. The molecule has 1 saturated carbocycles. The Morgan fingerprint density at radius 3 is 2.83 bits per heavy atom. The van der Waals surface area contributed by atoms with Gasteiger partial charge in [0.1, 0.15) is 5.15 Å². The summed E-state index contributed by atoms with van der Waals surface area (Å²) >= 11 is 5.80. The lowest BCUT2D eigenvalue weighted by atomic mass is 10.2. The smallest absolute Gasteiger partial charge is 0.191 e. The Kier molecular flexibility index (Phi) is 7.12. The van der Waals surface area contributed by atoms with Gasteiger partial charge in [-0.15, -0.1) is 0 Å². The largest absolute Gasteiger partial charge is 0.357 e. The van der Waals surface area contributed by atoms with Crippen LogP contribution < -0.4 is 10.6 Å². The van der Waals surface area contributed by atoms with E-state index in [1.165, 1.54) is 18.4 Å². The molecule has 0 amide bonds. The summed E-state index contributed by atoms with van der Waals surface area (Å²) in [5.74, 6) is 0.880. The van der Waals surface area contributed by atoms with E-state index >= 15 is 0 Å². The van der Waals surface area contributed by atoms with Crippen LogP contribution in [0.15, 0.2) is 23.3 Å². The minimum atomic E-state index is 0.471. The van der Waals surface area contributed by atoms with Crippen molar-refractivity contribution in [2.75, 3.05) is 26.7 Å². The van der Waals surface area contributed by atoms with Crippen LogP contribution in [0.5, 0.6) is 0 Å². The third-order valence-electron chi connectivity index (χ3n) is 4.17. The Labute approximate surface area is 144 Å². The van der Waals surface area contributed by atoms with Gasteiger partial charge in [-0.2, -0.15) is 0 Å². The molecule has 2 rings (SSSR count). The first kappa shape index (κ1) is 18.0. The first-order valence-electron chi connectivity index (χ1n) is 8.44. The number of pyridine rings is 1. The van der Waals surface area contributed by atoms with Gasteiger partial charge in [0.25, 0.3) is 0 Å². The van der Waals surface area contributed by atoms with E-state index in [1.54, 1.807) is 0 Å². The van der Waals surface area contributed by atoms with Gasteiger partial charge in [-0.1, -0.05) is 17.7 Å². The summed E-state index contributed by atoms with van der Waals surface area (Å²) in [6.45, 7) is 6.82. The maximum Gasteiger partial charge on any atom is 0.191 e. The molecule has 1 heterocycles. The van der Waals surface area contributed by atoms with Crippen molar-refractivity contribution in [2.24, 2.45) is 4.99 Å². The normalized spacial score (nSPS) is 16.5. The van der Waals surface area contributed by atoms with Crippen LogP contribution in [0.4, 0.5) is 0 Å². The van der Waals surface area contributed by atoms with E-state index in [4.69, 9.17) is 16.6 Å². The summed E-state index contributed by atoms with van der Waals surface area (Å²) < 4.78 is 0. The first-order valence-corrected chi connectivity index (χ1v) is 8.82. The van der Waals surface area contributed by atoms with Gasteiger partial charge in [0.2, 0.25) is 0 Å². The fraction of sp³-hybridized carbons (Fsp3) is 0.647. The topological polar surface area (TPSA) is 52.6 Å². The van der Waals surface area contributed by atoms with Crippen molar-refractivity contribution < 1.29 is 0 Å². The van der Waals surface area contributed by atoms with Gasteiger partial charge in [0, 0.05) is 31.4 Å². The number of aliphatic imine (C=N–C) groups is 1. The van der Waals surface area contributed by atoms with E-state index in [2.05, 4.69) is 41.4 Å². The lowest BCUT2D eigenvalue weighted by Gasteiger charge is -2.23. The molecule has 1 fully saturated rings. The lowest BCUT2D eigenvalue weighted by molar-refractivity contribution is 0.253. The van der Waals surface area contributed by atoms with Crippen molar-refractivity contribution >= 4 is 17.6 Å². The maximum absolute atomic E-state index is 5.80. The molecule has 23 heavy (non-hydrogen) atoms. The Morgan fingerprint density at radius 1 is 1.43 bits per heavy atom. The van der Waals surface area contributed by atoms with Crippen molar-refractivity contribution in [3.05, 3.63) is 29.0 Å². The van der Waals surface area contributed by atoms with Gasteiger partial charge in [0.05, 0.1) is 6.54 Å². The van der Waals surface area contributed by atoms with Gasteiger partial charge >= 0.3 is 0 Å². The summed E-state index contributed by atoms with van der Waals surface area (Å²) in [7, 11) is 2.20. The highest BCUT2D eigenvalue weighted by molar-refractivity contribution is 6.29. The molecule has 0 saturated heterocycles. The van der Waals surface area contributed by atoms with Crippen molar-refractivity contribution in [2.45, 2.75) is 45.2 Å². The average molecular weight is 338 g/mol. The molecule has 2 N–H and O–H groups in total. The highest BCUT2D eigenvalue weighted by Crippen LogP contribution is 2.26. The number of aromatic nitrogens is 1. The van der Waals surface area contributed by atoms with E-state index in [0.29, 0.717) is 11.2 Å². The molecule has 1 aromatic rings. The molecule has 0 aliphatic heterocycles. The predicted molar refractivity (Wildman–Crippen MR) is 97.2 cm³/mol. The molecular weight excluding hydrogens is 310 g/mol. The van der Waals surface area contributed by atoms with Crippen LogP contribution in [0.3, 0.4) is 0 Å². The lowest BCUT2D eigenvalue weighted by Crippen LogP contribution is -2.40. The van der Waals surface area contributed by atoms with Crippen molar-refractivity contribution in [3.63, 3.8) is 0 Å². The second-order valence-corrected chi connectivity index (χ2v) is 6.52. The molecule has 1 unspecified atom stereocenters. The van der Waals surface area contributed by atoms with E-state index in [1.807, 2.05) is 18.3 Å². The second-order valence-electron chi connectivity index (χ2n) is 6.13. The standard InChI is InChI=1S/C17H28ClN5/c1-4-19-17(22-11-13(2)23(3)15-6-7-15)20-10-9-14-5-8-16(18)21-12-14/h5,8,12-13,15H,4,6-7,9-11H2,1-3H3,(H2,19,20,22). The van der Waals surface area contributed by atoms with E-state index in [-0.39, 0.29) is 0 Å². The highest BCUT2D eigenvalue weighted by Gasteiger charge is 2.28. The molecule has 1 atom stereocenters. The van der Waals surface area contributed by atoms with Crippen LogP contribution in [0.1, 0.15) is 32.3 Å². The van der Waals surface area contributed by atoms with Crippen LogP contribution in [-0.2, 0) is 6.42 Å². The summed E-state index contributed by atoms with van der Waals surface area (Å²) in [5, 5.41) is 7.22. The molecule has 0 radical (unpaired) electrons. The zero-order valence-corrected chi connectivity index (χ0v) is 15.1. The average Bonchev–Trinajstić information content (AvgIpc) is 3.38. The van der Waals surface area contributed by atoms with Crippen molar-refractivity contribution in [1.82, 2.24) is 20.5 Å². The zero-order chi connectivity index (χ0) is 16.7. The Morgan fingerprint density at radius 2 is 2.22 bits per heavy atom. The molecule has 5 nitrogen and oxygen atoms in total. The number of nitrogens with zero attached hydrogens (tertiary/aromatic N) is 3. The molecule has 0 bridgehead atoms. The molecule has 6 heteroatoms. The number of rotatable bonds is 8. The number of likely N-dealkylation sites (N-methyl/N-ethyl adjacent to an activating group) is 1. The summed E-state index contributed by atoms with van der Waals surface area (Å²) in [6, 6.07) is 5.07. The molecule has 1 aromatic heterocycles.